The molecule has 27 heavy (non-hydrogen) atoms. The predicted molar refractivity (Wildman–Crippen MR) is 102 cm³/mol. The minimum Gasteiger partial charge on any atom is -0.384 e. The maximum absolute atomic E-state index is 13.2. The zero-order valence-corrected chi connectivity index (χ0v) is 14.6. The van der Waals surface area contributed by atoms with Crippen LogP contribution >= 0.6 is 0 Å². The van der Waals surface area contributed by atoms with Gasteiger partial charge in [-0.25, -0.2) is 8.78 Å². The van der Waals surface area contributed by atoms with E-state index in [-0.39, 0.29) is 5.69 Å². The number of carbonyl (C=O) groups is 1. The molecule has 0 saturated heterocycles. The van der Waals surface area contributed by atoms with Gasteiger partial charge in [-0.1, -0.05) is 30.3 Å². The number of aryl methyl sites for hydroxylation is 1. The summed E-state index contributed by atoms with van der Waals surface area (Å²) in [4.78, 5) is 16.3. The number of halogens is 2. The van der Waals surface area contributed by atoms with Crippen LogP contribution in [-0.2, 0) is 6.42 Å². The van der Waals surface area contributed by atoms with Crippen LogP contribution in [0.2, 0.25) is 0 Å². The second kappa shape index (κ2) is 8.89. The van der Waals surface area contributed by atoms with Crippen LogP contribution in [0.3, 0.4) is 0 Å². The van der Waals surface area contributed by atoms with Gasteiger partial charge >= 0.3 is 0 Å². The van der Waals surface area contributed by atoms with E-state index in [9.17, 15) is 13.6 Å². The smallest absolute Gasteiger partial charge is 0.257 e. The Balaban J connectivity index is 1.54. The number of amides is 1. The lowest BCUT2D eigenvalue weighted by molar-refractivity contribution is 0.102. The van der Waals surface area contributed by atoms with E-state index in [0.29, 0.717) is 5.56 Å². The van der Waals surface area contributed by atoms with Crippen LogP contribution in [0.15, 0.2) is 67.0 Å². The first-order chi connectivity index (χ1) is 13.1. The molecular formula is C21H19F2N3O. The van der Waals surface area contributed by atoms with Crippen molar-refractivity contribution in [2.45, 2.75) is 12.8 Å². The SMILES string of the molecule is O=C(Nc1ccc(F)c(F)c1)c1cncc(NCCCc2ccccc2)c1. The summed E-state index contributed by atoms with van der Waals surface area (Å²) in [6.07, 6.45) is 4.95. The Morgan fingerprint density at radius 1 is 0.926 bits per heavy atom. The summed E-state index contributed by atoms with van der Waals surface area (Å²) in [5.74, 6) is -2.42. The minimum absolute atomic E-state index is 0.181. The molecule has 0 fully saturated rings. The minimum atomic E-state index is -1.01. The average Bonchev–Trinajstić information content (AvgIpc) is 2.69. The van der Waals surface area contributed by atoms with Crippen LogP contribution in [0.4, 0.5) is 20.2 Å². The van der Waals surface area contributed by atoms with E-state index in [4.69, 9.17) is 0 Å². The molecule has 0 spiro atoms. The molecule has 0 radical (unpaired) electrons. The van der Waals surface area contributed by atoms with Gasteiger partial charge in [-0.3, -0.25) is 9.78 Å². The van der Waals surface area contributed by atoms with Gasteiger partial charge in [0.1, 0.15) is 0 Å². The lowest BCUT2D eigenvalue weighted by atomic mass is 10.1. The molecule has 138 valence electrons. The van der Waals surface area contributed by atoms with Gasteiger partial charge in [0.15, 0.2) is 11.6 Å². The summed E-state index contributed by atoms with van der Waals surface area (Å²) < 4.78 is 26.2. The van der Waals surface area contributed by atoms with Crippen LogP contribution in [0.5, 0.6) is 0 Å². The molecule has 0 atom stereocenters. The number of anilines is 2. The summed E-state index contributed by atoms with van der Waals surface area (Å²) >= 11 is 0. The zero-order chi connectivity index (χ0) is 19.1. The first-order valence-corrected chi connectivity index (χ1v) is 8.61. The second-order valence-corrected chi connectivity index (χ2v) is 6.06. The molecule has 1 amide bonds. The van der Waals surface area contributed by atoms with Gasteiger partial charge in [0.25, 0.3) is 5.91 Å². The van der Waals surface area contributed by atoms with E-state index in [1.54, 1.807) is 12.3 Å². The predicted octanol–water partition coefficient (Wildman–Crippen LogP) is 4.66. The van der Waals surface area contributed by atoms with Gasteiger partial charge in [0.05, 0.1) is 11.3 Å². The van der Waals surface area contributed by atoms with Crippen molar-refractivity contribution in [2.24, 2.45) is 0 Å². The summed E-state index contributed by atoms with van der Waals surface area (Å²) in [5, 5.41) is 5.77. The Kier molecular flexibility index (Phi) is 6.10. The van der Waals surface area contributed by atoms with Crippen LogP contribution in [0.1, 0.15) is 22.3 Å². The number of rotatable bonds is 7. The lowest BCUT2D eigenvalue weighted by Crippen LogP contribution is -2.13. The van der Waals surface area contributed by atoms with Gasteiger partial charge in [-0.2, -0.15) is 0 Å². The molecule has 3 rings (SSSR count). The zero-order valence-electron chi connectivity index (χ0n) is 14.6. The molecule has 1 aromatic heterocycles. The molecular weight excluding hydrogens is 348 g/mol. The maximum atomic E-state index is 13.2. The lowest BCUT2D eigenvalue weighted by Gasteiger charge is -2.09. The van der Waals surface area contributed by atoms with Crippen LogP contribution in [0, 0.1) is 11.6 Å². The van der Waals surface area contributed by atoms with Crippen molar-refractivity contribution in [3.8, 4) is 0 Å². The normalized spacial score (nSPS) is 10.4. The van der Waals surface area contributed by atoms with Crippen molar-refractivity contribution in [1.29, 1.82) is 0 Å². The number of nitrogens with zero attached hydrogens (tertiary/aromatic N) is 1. The largest absolute Gasteiger partial charge is 0.384 e. The number of carbonyl (C=O) groups excluding carboxylic acids is 1. The quantitative estimate of drug-likeness (QED) is 0.598. The first-order valence-electron chi connectivity index (χ1n) is 8.61. The monoisotopic (exact) mass is 367 g/mol. The standard InChI is InChI=1S/C21H19F2N3O/c22-19-9-8-17(12-20(19)23)26-21(27)16-11-18(14-24-13-16)25-10-4-7-15-5-2-1-3-6-15/h1-3,5-6,8-9,11-14,25H,4,7,10H2,(H,26,27). The van der Waals surface area contributed by atoms with Crippen LogP contribution < -0.4 is 10.6 Å². The van der Waals surface area contributed by atoms with Crippen LogP contribution in [-0.4, -0.2) is 17.4 Å². The van der Waals surface area contributed by atoms with Crippen molar-refractivity contribution in [2.75, 3.05) is 17.2 Å². The second-order valence-electron chi connectivity index (χ2n) is 6.06. The molecule has 1 heterocycles. The Labute approximate surface area is 156 Å². The first kappa shape index (κ1) is 18.5. The number of aromatic nitrogens is 1. The number of benzene rings is 2. The van der Waals surface area contributed by atoms with Crippen LogP contribution in [0.25, 0.3) is 0 Å². The highest BCUT2D eigenvalue weighted by atomic mass is 19.2. The highest BCUT2D eigenvalue weighted by molar-refractivity contribution is 6.04. The van der Waals surface area contributed by atoms with Gasteiger partial charge in [-0.05, 0) is 36.6 Å². The van der Waals surface area contributed by atoms with Gasteiger partial charge in [0.2, 0.25) is 0 Å². The number of pyridine rings is 1. The molecule has 2 N–H and O–H groups in total. The third-order valence-corrected chi connectivity index (χ3v) is 3.99. The number of nitrogens with one attached hydrogen (secondary N) is 2. The topological polar surface area (TPSA) is 54.0 Å². The molecule has 0 aliphatic carbocycles. The maximum Gasteiger partial charge on any atom is 0.257 e. The van der Waals surface area contributed by atoms with E-state index < -0.39 is 17.5 Å². The van der Waals surface area contributed by atoms with Crippen molar-refractivity contribution >= 4 is 17.3 Å². The Morgan fingerprint density at radius 2 is 1.74 bits per heavy atom. The highest BCUT2D eigenvalue weighted by Crippen LogP contribution is 2.15. The van der Waals surface area contributed by atoms with Crippen molar-refractivity contribution in [3.63, 3.8) is 0 Å². The van der Waals surface area contributed by atoms with E-state index >= 15 is 0 Å². The third kappa shape index (κ3) is 5.34. The van der Waals surface area contributed by atoms with E-state index in [0.717, 1.165) is 37.2 Å². The molecule has 2 aromatic carbocycles. The number of hydrogen-bond donors (Lipinski definition) is 2. The van der Waals surface area contributed by atoms with Gasteiger partial charge < -0.3 is 10.6 Å². The fourth-order valence-electron chi connectivity index (χ4n) is 2.61. The van der Waals surface area contributed by atoms with E-state index in [1.807, 2.05) is 18.2 Å². The summed E-state index contributed by atoms with van der Waals surface area (Å²) in [5.41, 5.74) is 2.51. The summed E-state index contributed by atoms with van der Waals surface area (Å²) in [7, 11) is 0. The van der Waals surface area contributed by atoms with Gasteiger partial charge in [-0.15, -0.1) is 0 Å². The van der Waals surface area contributed by atoms with Gasteiger partial charge in [0, 0.05) is 30.7 Å². The molecule has 3 aromatic rings. The molecule has 0 unspecified atom stereocenters. The van der Waals surface area contributed by atoms with E-state index in [1.165, 1.54) is 17.8 Å². The average molecular weight is 367 g/mol. The molecule has 6 heteroatoms. The molecule has 0 aliphatic heterocycles. The Morgan fingerprint density at radius 3 is 2.52 bits per heavy atom. The van der Waals surface area contributed by atoms with Crippen molar-refractivity contribution < 1.29 is 13.6 Å². The number of hydrogen-bond acceptors (Lipinski definition) is 3. The molecule has 0 aliphatic rings. The highest BCUT2D eigenvalue weighted by Gasteiger charge is 2.09. The van der Waals surface area contributed by atoms with E-state index in [2.05, 4.69) is 27.8 Å². The molecule has 0 bridgehead atoms. The Bertz CT molecular complexity index is 916. The molecule has 4 nitrogen and oxygen atoms in total. The Hall–Kier alpha value is -3.28. The van der Waals surface area contributed by atoms with Crippen molar-refractivity contribution in [1.82, 2.24) is 4.98 Å². The fourth-order valence-corrected chi connectivity index (χ4v) is 2.61. The fraction of sp³-hybridized carbons (Fsp3) is 0.143. The third-order valence-electron chi connectivity index (χ3n) is 3.99. The summed E-state index contributed by atoms with van der Waals surface area (Å²) in [6, 6.07) is 15.1. The summed E-state index contributed by atoms with van der Waals surface area (Å²) in [6.45, 7) is 0.741. The molecule has 0 saturated carbocycles. The van der Waals surface area contributed by atoms with Crippen molar-refractivity contribution in [3.05, 3.63) is 89.8 Å².